The molecule has 0 aliphatic heterocycles. The van der Waals surface area contributed by atoms with Gasteiger partial charge in [0.2, 0.25) is 0 Å². The maximum atomic E-state index is 14.1. The molecule has 1 aromatic heterocycles. The van der Waals surface area contributed by atoms with Crippen molar-refractivity contribution in [2.24, 2.45) is 0 Å². The smallest absolute Gasteiger partial charge is 0.336 e. The van der Waals surface area contributed by atoms with Crippen LogP contribution < -0.4 is 9.47 Å². The fourth-order valence-corrected chi connectivity index (χ4v) is 6.14. The Morgan fingerprint density at radius 1 is 0.667 bits per heavy atom. The number of carboxylic acids is 1. The molecule has 5 aromatic carbocycles. The topological polar surface area (TPSA) is 94.8 Å². The van der Waals surface area contributed by atoms with E-state index in [2.05, 4.69) is 0 Å². The van der Waals surface area contributed by atoms with Gasteiger partial charge in [0, 0.05) is 51.0 Å². The van der Waals surface area contributed by atoms with Gasteiger partial charge in [-0.1, -0.05) is 53.5 Å². The van der Waals surface area contributed by atoms with E-state index in [0.717, 1.165) is 17.8 Å². The van der Waals surface area contributed by atoms with Crippen molar-refractivity contribution in [1.29, 1.82) is 0 Å². The monoisotopic (exact) mass is 819 g/mol. The standard InChI is InChI=1S/C26H20ClF2NO3.C18H15ClF2O3/c1-15-6-9-19(13-20(15)26(31)32)30-16(2)7-10-23(30)21-12-18(27)8-11-24(21)33-14-17-4-3-5-22(28)25(17)29;1-11(22)5-7-16(23)14-9-13(19)6-8-17(14)24-10-12-3-2-4-15(20)18(12)21/h3-13H,14H2,1-2H3,(H,31,32);2-4,6,8-9H,5,7,10H2,1H3. The summed E-state index contributed by atoms with van der Waals surface area (Å²) in [6, 6.07) is 26.2. The molecule has 0 saturated heterocycles. The number of aromatic carboxylic acids is 1. The van der Waals surface area contributed by atoms with Gasteiger partial charge in [-0.05, 0) is 99.1 Å². The van der Waals surface area contributed by atoms with Gasteiger partial charge in [-0.2, -0.15) is 0 Å². The summed E-state index contributed by atoms with van der Waals surface area (Å²) in [6.45, 7) is 4.63. The average Bonchev–Trinajstić information content (AvgIpc) is 3.56. The molecule has 1 N–H and O–H groups in total. The second kappa shape index (κ2) is 18.8. The van der Waals surface area contributed by atoms with Gasteiger partial charge in [-0.25, -0.2) is 22.4 Å². The molecule has 0 radical (unpaired) electrons. The van der Waals surface area contributed by atoms with Crippen LogP contribution in [0, 0.1) is 37.1 Å². The molecule has 7 nitrogen and oxygen atoms in total. The van der Waals surface area contributed by atoms with E-state index in [0.29, 0.717) is 38.3 Å². The summed E-state index contributed by atoms with van der Waals surface area (Å²) in [4.78, 5) is 34.9. The van der Waals surface area contributed by atoms with Gasteiger partial charge in [-0.15, -0.1) is 0 Å². The van der Waals surface area contributed by atoms with E-state index in [-0.39, 0.29) is 65.6 Å². The summed E-state index contributed by atoms with van der Waals surface area (Å²) < 4.78 is 67.8. The summed E-state index contributed by atoms with van der Waals surface area (Å²) in [5, 5.41) is 10.3. The fraction of sp³-hybridized carbons (Fsp3) is 0.159. The number of ether oxygens (including phenoxy) is 2. The second-order valence-electron chi connectivity index (χ2n) is 12.9. The minimum atomic E-state index is -1.01. The second-order valence-corrected chi connectivity index (χ2v) is 13.8. The number of aryl methyl sites for hydroxylation is 2. The molecule has 0 aliphatic rings. The molecule has 13 heteroatoms. The SMILES string of the molecule is CC(=O)CCC(=O)c1cc(Cl)ccc1OCc1cccc(F)c1F.Cc1ccc(-n2c(C)ccc2-c2cc(Cl)ccc2OCc2cccc(F)c2F)cc1C(=O)O. The van der Waals surface area contributed by atoms with Crippen molar-refractivity contribution < 1.29 is 46.5 Å². The van der Waals surface area contributed by atoms with E-state index >= 15 is 0 Å². The van der Waals surface area contributed by atoms with Gasteiger partial charge >= 0.3 is 5.97 Å². The van der Waals surface area contributed by atoms with Crippen LogP contribution in [0.3, 0.4) is 0 Å². The van der Waals surface area contributed by atoms with Crippen molar-refractivity contribution in [3.05, 3.63) is 170 Å². The number of aromatic nitrogens is 1. The Labute approximate surface area is 336 Å². The molecule has 57 heavy (non-hydrogen) atoms. The molecule has 0 atom stereocenters. The van der Waals surface area contributed by atoms with E-state index in [1.165, 1.54) is 49.4 Å². The first-order valence-corrected chi connectivity index (χ1v) is 18.2. The predicted molar refractivity (Wildman–Crippen MR) is 210 cm³/mol. The van der Waals surface area contributed by atoms with Gasteiger partial charge in [0.15, 0.2) is 29.1 Å². The summed E-state index contributed by atoms with van der Waals surface area (Å²) in [7, 11) is 0. The maximum absolute atomic E-state index is 14.1. The van der Waals surface area contributed by atoms with E-state index in [1.54, 1.807) is 37.3 Å². The fourth-order valence-electron chi connectivity index (χ4n) is 5.80. The highest BCUT2D eigenvalue weighted by Gasteiger charge is 2.19. The Bertz CT molecular complexity index is 2470. The van der Waals surface area contributed by atoms with E-state index in [4.69, 9.17) is 32.7 Å². The zero-order chi connectivity index (χ0) is 41.4. The van der Waals surface area contributed by atoms with Crippen molar-refractivity contribution in [1.82, 2.24) is 4.57 Å². The third-order valence-electron chi connectivity index (χ3n) is 8.78. The largest absolute Gasteiger partial charge is 0.488 e. The third-order valence-corrected chi connectivity index (χ3v) is 9.25. The number of hydrogen-bond acceptors (Lipinski definition) is 5. The summed E-state index contributed by atoms with van der Waals surface area (Å²) in [5.41, 5.74) is 4.07. The quantitative estimate of drug-likeness (QED) is 0.0921. The molecule has 0 spiro atoms. The van der Waals surface area contributed by atoms with Crippen molar-refractivity contribution in [3.63, 3.8) is 0 Å². The van der Waals surface area contributed by atoms with Crippen molar-refractivity contribution >= 4 is 40.7 Å². The lowest BCUT2D eigenvalue weighted by atomic mass is 10.0. The molecule has 0 amide bonds. The molecule has 0 aliphatic carbocycles. The number of Topliss-reactive ketones (excluding diaryl/α,β-unsaturated/α-hetero) is 2. The molecule has 0 fully saturated rings. The number of rotatable bonds is 13. The number of nitrogens with zero attached hydrogens (tertiary/aromatic N) is 1. The van der Waals surface area contributed by atoms with Crippen molar-refractivity contribution in [3.8, 4) is 28.4 Å². The number of hydrogen-bond donors (Lipinski definition) is 1. The average molecular weight is 821 g/mol. The lowest BCUT2D eigenvalue weighted by molar-refractivity contribution is -0.117. The number of ketones is 2. The van der Waals surface area contributed by atoms with E-state index < -0.39 is 29.2 Å². The molecule has 6 aromatic rings. The van der Waals surface area contributed by atoms with Gasteiger partial charge in [0.05, 0.1) is 16.8 Å². The number of carbonyl (C=O) groups excluding carboxylic acids is 2. The number of carbonyl (C=O) groups is 3. The maximum Gasteiger partial charge on any atom is 0.336 e. The highest BCUT2D eigenvalue weighted by atomic mass is 35.5. The van der Waals surface area contributed by atoms with Gasteiger partial charge in [-0.3, -0.25) is 4.79 Å². The first-order valence-electron chi connectivity index (χ1n) is 17.4. The van der Waals surface area contributed by atoms with Gasteiger partial charge in [0.25, 0.3) is 0 Å². The molecule has 0 saturated carbocycles. The van der Waals surface area contributed by atoms with Gasteiger partial charge in [0.1, 0.15) is 30.5 Å². The molecule has 1 heterocycles. The lowest BCUT2D eigenvalue weighted by Gasteiger charge is -2.17. The van der Waals surface area contributed by atoms with Crippen molar-refractivity contribution in [2.75, 3.05) is 0 Å². The predicted octanol–water partition coefficient (Wildman–Crippen LogP) is 11.7. The zero-order valence-corrected chi connectivity index (χ0v) is 32.4. The summed E-state index contributed by atoms with van der Waals surface area (Å²) in [6.07, 6.45) is 0.143. The van der Waals surface area contributed by atoms with Crippen LogP contribution in [0.25, 0.3) is 16.9 Å². The summed E-state index contributed by atoms with van der Waals surface area (Å²) in [5.74, 6) is -4.63. The number of halogens is 6. The van der Waals surface area contributed by atoms with Crippen LogP contribution in [-0.4, -0.2) is 27.2 Å². The molecular weight excluding hydrogens is 785 g/mol. The van der Waals surface area contributed by atoms with Crippen LogP contribution in [0.1, 0.15) is 62.9 Å². The van der Waals surface area contributed by atoms with Crippen LogP contribution >= 0.6 is 23.2 Å². The Balaban J connectivity index is 0.000000230. The summed E-state index contributed by atoms with van der Waals surface area (Å²) >= 11 is 12.2. The van der Waals surface area contributed by atoms with E-state index in [9.17, 15) is 37.1 Å². The molecule has 6 rings (SSSR count). The number of benzene rings is 5. The van der Waals surface area contributed by atoms with Crippen LogP contribution in [0.2, 0.25) is 10.0 Å². The minimum absolute atomic E-state index is 0.0281. The first kappa shape index (κ1) is 42.2. The zero-order valence-electron chi connectivity index (χ0n) is 30.8. The van der Waals surface area contributed by atoms with Gasteiger partial charge < -0.3 is 23.9 Å². The highest BCUT2D eigenvalue weighted by molar-refractivity contribution is 6.31. The Morgan fingerprint density at radius 2 is 1.25 bits per heavy atom. The highest BCUT2D eigenvalue weighted by Crippen LogP contribution is 2.36. The normalized spacial score (nSPS) is 10.8. The van der Waals surface area contributed by atoms with E-state index in [1.807, 2.05) is 29.7 Å². The minimum Gasteiger partial charge on any atom is -0.488 e. The van der Waals surface area contributed by atoms with Crippen LogP contribution in [0.5, 0.6) is 11.5 Å². The Hall–Kier alpha value is -5.91. The molecule has 0 bridgehead atoms. The molecule has 294 valence electrons. The third kappa shape index (κ3) is 10.5. The number of carboxylic acid groups (broad SMARTS) is 1. The van der Waals surface area contributed by atoms with Crippen LogP contribution in [0.15, 0.2) is 103 Å². The van der Waals surface area contributed by atoms with Crippen molar-refractivity contribution in [2.45, 2.75) is 46.8 Å². The molecule has 0 unspecified atom stereocenters. The first-order chi connectivity index (χ1) is 27.1. The van der Waals surface area contributed by atoms with Crippen LogP contribution in [0.4, 0.5) is 17.6 Å². The Kier molecular flexibility index (Phi) is 13.9. The van der Waals surface area contributed by atoms with Crippen LogP contribution in [-0.2, 0) is 18.0 Å². The lowest BCUT2D eigenvalue weighted by Crippen LogP contribution is -2.07. The molecular formula is C44H35Cl2F4NO6. The Morgan fingerprint density at radius 3 is 1.84 bits per heavy atom.